The summed E-state index contributed by atoms with van der Waals surface area (Å²) in [5.74, 6) is 0.114. The van der Waals surface area contributed by atoms with Crippen LogP contribution in [0.3, 0.4) is 0 Å². The molecule has 0 aliphatic carbocycles. The van der Waals surface area contributed by atoms with Crippen LogP contribution < -0.4 is 15.7 Å². The van der Waals surface area contributed by atoms with E-state index in [1.807, 2.05) is 33.8 Å². The Morgan fingerprint density at radius 1 is 1.22 bits per heavy atom. The van der Waals surface area contributed by atoms with Crippen molar-refractivity contribution < 1.29 is 10.3 Å². The topological polar surface area (TPSA) is 63.0 Å². The summed E-state index contributed by atoms with van der Waals surface area (Å²) in [6.45, 7) is 8.03. The average Bonchev–Trinajstić information content (AvgIpc) is 2.77. The van der Waals surface area contributed by atoms with Gasteiger partial charge in [-0.25, -0.2) is 10.6 Å². The molecular formula is C17H20ClN3O2. The average molecular weight is 334 g/mol. The molecule has 2 aromatic carbocycles. The third-order valence-corrected chi connectivity index (χ3v) is 4.17. The molecule has 2 aromatic rings. The van der Waals surface area contributed by atoms with Gasteiger partial charge in [0.05, 0.1) is 0 Å². The van der Waals surface area contributed by atoms with Crippen LogP contribution in [0.5, 0.6) is 5.75 Å². The number of anilines is 2. The minimum atomic E-state index is -0.233. The summed E-state index contributed by atoms with van der Waals surface area (Å²) in [7, 11) is 0. The maximum Gasteiger partial charge on any atom is 0.184 e. The molecule has 3 rings (SSSR count). The second-order valence-corrected chi connectivity index (χ2v) is 7.31. The highest BCUT2D eigenvalue weighted by Gasteiger charge is 2.32. The van der Waals surface area contributed by atoms with E-state index in [1.54, 1.807) is 24.3 Å². The maximum atomic E-state index is 12.7. The minimum absolute atomic E-state index is 0.114. The first kappa shape index (κ1) is 15.9. The van der Waals surface area contributed by atoms with Crippen molar-refractivity contribution in [2.75, 3.05) is 10.5 Å². The van der Waals surface area contributed by atoms with E-state index in [-0.39, 0.29) is 16.3 Å². The summed E-state index contributed by atoms with van der Waals surface area (Å²) in [4.78, 5) is 0. The lowest BCUT2D eigenvalue weighted by molar-refractivity contribution is -0.778. The van der Waals surface area contributed by atoms with E-state index in [0.29, 0.717) is 22.1 Å². The quantitative estimate of drug-likeness (QED) is 0.700. The number of aromatic hydroxyl groups is 1. The van der Waals surface area contributed by atoms with E-state index in [1.165, 1.54) is 5.12 Å². The van der Waals surface area contributed by atoms with Crippen molar-refractivity contribution in [1.82, 2.24) is 0 Å². The zero-order chi connectivity index (χ0) is 16.9. The first-order chi connectivity index (χ1) is 10.7. The van der Waals surface area contributed by atoms with Crippen LogP contribution in [-0.4, -0.2) is 5.11 Å². The molecule has 1 heterocycles. The van der Waals surface area contributed by atoms with Crippen LogP contribution in [0, 0.1) is 12.1 Å². The predicted octanol–water partition coefficient (Wildman–Crippen LogP) is 3.43. The van der Waals surface area contributed by atoms with Crippen molar-refractivity contribution in [3.63, 3.8) is 0 Å². The van der Waals surface area contributed by atoms with E-state index in [2.05, 4.69) is 5.43 Å². The number of rotatable bonds is 1. The molecule has 0 amide bonds. The third-order valence-electron chi connectivity index (χ3n) is 3.93. The highest BCUT2D eigenvalue weighted by Crippen LogP contribution is 2.40. The lowest BCUT2D eigenvalue weighted by Gasteiger charge is -2.30. The number of benzene rings is 2. The second-order valence-electron chi connectivity index (χ2n) is 6.87. The first-order valence-corrected chi connectivity index (χ1v) is 7.81. The second kappa shape index (κ2) is 5.30. The number of nitrogens with one attached hydrogen (secondary N) is 2. The highest BCUT2D eigenvalue weighted by atomic mass is 35.5. The Hall–Kier alpha value is -1.95. The summed E-state index contributed by atoms with van der Waals surface area (Å²) in [6.07, 6.45) is 0. The normalized spacial score (nSPS) is 17.1. The number of halogens is 1. The van der Waals surface area contributed by atoms with Gasteiger partial charge >= 0.3 is 0 Å². The monoisotopic (exact) mass is 333 g/mol. The molecule has 6 heteroatoms. The Labute approximate surface area is 140 Å². The van der Waals surface area contributed by atoms with Crippen molar-refractivity contribution in [2.24, 2.45) is 0 Å². The van der Waals surface area contributed by atoms with E-state index < -0.39 is 0 Å². The Balaban J connectivity index is 2.09. The molecular weight excluding hydrogens is 314 g/mol. The summed E-state index contributed by atoms with van der Waals surface area (Å²) < 4.78 is 0. The van der Waals surface area contributed by atoms with Crippen LogP contribution in [-0.2, 0) is 5.41 Å². The number of hydrazine groups is 1. The van der Waals surface area contributed by atoms with Gasteiger partial charge in [-0.15, -0.1) is 5.12 Å². The fourth-order valence-corrected chi connectivity index (χ4v) is 2.93. The standard InChI is InChI=1S/C17H20ClN3O2/c1-10-7-12(17(2,3)4)16(22)15(8-10)20-19-13-6-5-11(18)9-14(13)21(20)23/h5-9,19,21-22H,1-4H3. The number of quaternary nitrogens is 1. The fraction of sp³-hybridized carbons (Fsp3) is 0.294. The Kier molecular flexibility index (Phi) is 3.67. The smallest absolute Gasteiger partial charge is 0.184 e. The summed E-state index contributed by atoms with van der Waals surface area (Å²) >= 11 is 5.98. The number of nitrogens with zero attached hydrogens (tertiary/aromatic N) is 1. The van der Waals surface area contributed by atoms with Gasteiger partial charge in [0, 0.05) is 16.7 Å². The molecule has 23 heavy (non-hydrogen) atoms. The zero-order valence-corrected chi connectivity index (χ0v) is 14.3. The largest absolute Gasteiger partial charge is 0.601 e. The minimum Gasteiger partial charge on any atom is -0.601 e. The molecule has 0 spiro atoms. The molecule has 0 aromatic heterocycles. The maximum absolute atomic E-state index is 12.7. The summed E-state index contributed by atoms with van der Waals surface area (Å²) in [6, 6.07) is 8.85. The number of phenolic OH excluding ortho intramolecular Hbond substituents is 1. The zero-order valence-electron chi connectivity index (χ0n) is 13.6. The van der Waals surface area contributed by atoms with Crippen LogP contribution in [0.4, 0.5) is 17.1 Å². The van der Waals surface area contributed by atoms with E-state index in [9.17, 15) is 10.3 Å². The van der Waals surface area contributed by atoms with Gasteiger partial charge in [-0.05, 0) is 36.1 Å². The number of fused-ring (bicyclic) bond motifs is 1. The van der Waals surface area contributed by atoms with Crippen molar-refractivity contribution in [2.45, 2.75) is 33.1 Å². The molecule has 0 bridgehead atoms. The molecule has 1 unspecified atom stereocenters. The number of aryl methyl sites for hydroxylation is 1. The van der Waals surface area contributed by atoms with Crippen LogP contribution in [0.25, 0.3) is 0 Å². The Bertz CT molecular complexity index is 771. The van der Waals surface area contributed by atoms with Crippen LogP contribution in [0.2, 0.25) is 5.02 Å². The van der Waals surface area contributed by atoms with Crippen molar-refractivity contribution >= 4 is 28.7 Å². The molecule has 5 nitrogen and oxygen atoms in total. The van der Waals surface area contributed by atoms with Crippen LogP contribution >= 0.6 is 11.6 Å². The number of hydrogen-bond acceptors (Lipinski definition) is 4. The van der Waals surface area contributed by atoms with E-state index >= 15 is 0 Å². The van der Waals surface area contributed by atoms with Gasteiger partial charge in [0.1, 0.15) is 11.4 Å². The van der Waals surface area contributed by atoms with E-state index in [4.69, 9.17) is 11.6 Å². The molecule has 0 saturated carbocycles. The molecule has 0 fully saturated rings. The van der Waals surface area contributed by atoms with Gasteiger partial charge in [-0.3, -0.25) is 0 Å². The first-order valence-electron chi connectivity index (χ1n) is 7.43. The van der Waals surface area contributed by atoms with Crippen molar-refractivity contribution in [1.29, 1.82) is 0 Å². The molecule has 1 aliphatic rings. The SMILES string of the molecule is Cc1cc(N2Nc3ccc(Cl)cc3[NH+]2[O-])c(O)c(C(C)(C)C)c1. The summed E-state index contributed by atoms with van der Waals surface area (Å²) in [5.41, 5.74) is 6.21. The Morgan fingerprint density at radius 2 is 1.91 bits per heavy atom. The molecule has 1 atom stereocenters. The van der Waals surface area contributed by atoms with Crippen LogP contribution in [0.1, 0.15) is 31.9 Å². The van der Waals surface area contributed by atoms with Crippen LogP contribution in [0.15, 0.2) is 30.3 Å². The van der Waals surface area contributed by atoms with Gasteiger partial charge in [0.15, 0.2) is 11.4 Å². The molecule has 1 aliphatic heterocycles. The summed E-state index contributed by atoms with van der Waals surface area (Å²) in [5, 5.41) is 25.0. The molecule has 3 N–H and O–H groups in total. The van der Waals surface area contributed by atoms with E-state index in [0.717, 1.165) is 11.1 Å². The predicted molar refractivity (Wildman–Crippen MR) is 93.1 cm³/mol. The number of phenols is 1. The molecule has 122 valence electrons. The van der Waals surface area contributed by atoms with Crippen molar-refractivity contribution in [3.8, 4) is 5.75 Å². The van der Waals surface area contributed by atoms with Gasteiger partial charge in [0.25, 0.3) is 0 Å². The van der Waals surface area contributed by atoms with Crippen molar-refractivity contribution in [3.05, 3.63) is 51.7 Å². The molecule has 0 radical (unpaired) electrons. The van der Waals surface area contributed by atoms with Gasteiger partial charge in [-0.1, -0.05) is 38.4 Å². The number of hydrogen-bond donors (Lipinski definition) is 3. The third kappa shape index (κ3) is 2.72. The molecule has 0 saturated heterocycles. The lowest BCUT2D eigenvalue weighted by Crippen LogP contribution is -3.09. The van der Waals surface area contributed by atoms with Gasteiger partial charge in [-0.2, -0.15) is 0 Å². The highest BCUT2D eigenvalue weighted by molar-refractivity contribution is 6.31. The van der Waals surface area contributed by atoms with Gasteiger partial charge < -0.3 is 10.3 Å². The fourth-order valence-electron chi connectivity index (χ4n) is 2.75. The van der Waals surface area contributed by atoms with Gasteiger partial charge in [0.2, 0.25) is 0 Å². The Morgan fingerprint density at radius 3 is 2.57 bits per heavy atom. The lowest BCUT2D eigenvalue weighted by atomic mass is 9.85.